The highest BCUT2D eigenvalue weighted by Crippen LogP contribution is 2.16. The van der Waals surface area contributed by atoms with Gasteiger partial charge in [0.1, 0.15) is 5.25 Å². The second-order valence-corrected chi connectivity index (χ2v) is 5.61. The standard InChI is InChI=1S/C10H11BrO3S/c1-7(10(12)14-2)15(13)9-5-3-8(11)4-6-9/h3-7H,1-2H3. The van der Waals surface area contributed by atoms with Gasteiger partial charge in [-0.1, -0.05) is 15.9 Å². The minimum atomic E-state index is -1.36. The normalized spacial score (nSPS) is 14.3. The molecule has 15 heavy (non-hydrogen) atoms. The molecule has 0 spiro atoms. The van der Waals surface area contributed by atoms with Crippen LogP contribution < -0.4 is 0 Å². The molecule has 5 heteroatoms. The first-order valence-electron chi connectivity index (χ1n) is 4.30. The second kappa shape index (κ2) is 5.42. The Morgan fingerprint density at radius 3 is 2.40 bits per heavy atom. The van der Waals surface area contributed by atoms with Crippen LogP contribution in [0.15, 0.2) is 33.6 Å². The topological polar surface area (TPSA) is 43.4 Å². The van der Waals surface area contributed by atoms with Gasteiger partial charge in [0.05, 0.1) is 17.9 Å². The third-order valence-electron chi connectivity index (χ3n) is 1.90. The van der Waals surface area contributed by atoms with E-state index >= 15 is 0 Å². The number of hydrogen-bond donors (Lipinski definition) is 0. The number of benzene rings is 1. The van der Waals surface area contributed by atoms with Crippen LogP contribution in [0.2, 0.25) is 0 Å². The summed E-state index contributed by atoms with van der Waals surface area (Å²) in [5.74, 6) is -0.462. The van der Waals surface area contributed by atoms with E-state index in [-0.39, 0.29) is 0 Å². The molecule has 0 saturated heterocycles. The molecule has 0 N–H and O–H groups in total. The predicted octanol–water partition coefficient (Wildman–Crippen LogP) is 2.12. The molecule has 3 nitrogen and oxygen atoms in total. The number of hydrogen-bond acceptors (Lipinski definition) is 3. The quantitative estimate of drug-likeness (QED) is 0.801. The van der Waals surface area contributed by atoms with E-state index in [4.69, 9.17) is 0 Å². The van der Waals surface area contributed by atoms with Crippen LogP contribution in [-0.2, 0) is 20.3 Å². The molecule has 0 fully saturated rings. The lowest BCUT2D eigenvalue weighted by molar-refractivity contribution is -0.139. The van der Waals surface area contributed by atoms with E-state index in [2.05, 4.69) is 20.7 Å². The summed E-state index contributed by atoms with van der Waals surface area (Å²) < 4.78 is 17.3. The van der Waals surface area contributed by atoms with Crippen molar-refractivity contribution in [3.05, 3.63) is 28.7 Å². The summed E-state index contributed by atoms with van der Waals surface area (Å²) in [5.41, 5.74) is 0. The zero-order chi connectivity index (χ0) is 11.4. The van der Waals surface area contributed by atoms with Crippen LogP contribution in [0.1, 0.15) is 6.92 Å². The Morgan fingerprint density at radius 1 is 1.40 bits per heavy atom. The lowest BCUT2D eigenvalue weighted by Crippen LogP contribution is -2.23. The fourth-order valence-corrected chi connectivity index (χ4v) is 2.37. The zero-order valence-corrected chi connectivity index (χ0v) is 10.8. The zero-order valence-electron chi connectivity index (χ0n) is 8.40. The Balaban J connectivity index is 2.85. The smallest absolute Gasteiger partial charge is 0.321 e. The summed E-state index contributed by atoms with van der Waals surface area (Å²) in [6.07, 6.45) is 0. The van der Waals surface area contributed by atoms with Crippen LogP contribution in [0, 0.1) is 0 Å². The summed E-state index contributed by atoms with van der Waals surface area (Å²) in [4.78, 5) is 11.8. The van der Waals surface area contributed by atoms with Crippen molar-refractivity contribution in [1.29, 1.82) is 0 Å². The molecular weight excluding hydrogens is 280 g/mol. The molecule has 0 aromatic heterocycles. The van der Waals surface area contributed by atoms with Crippen LogP contribution in [0.3, 0.4) is 0 Å². The molecule has 0 aliphatic rings. The summed E-state index contributed by atoms with van der Waals surface area (Å²) in [5, 5.41) is -0.642. The molecule has 1 aromatic rings. The first-order valence-corrected chi connectivity index (χ1v) is 6.31. The lowest BCUT2D eigenvalue weighted by Gasteiger charge is -2.08. The molecule has 82 valence electrons. The van der Waals surface area contributed by atoms with E-state index in [0.29, 0.717) is 4.90 Å². The van der Waals surface area contributed by atoms with Crippen molar-refractivity contribution >= 4 is 32.7 Å². The van der Waals surface area contributed by atoms with Crippen molar-refractivity contribution in [1.82, 2.24) is 0 Å². The van der Waals surface area contributed by atoms with E-state index < -0.39 is 22.0 Å². The van der Waals surface area contributed by atoms with Crippen LogP contribution in [0.5, 0.6) is 0 Å². The van der Waals surface area contributed by atoms with Crippen molar-refractivity contribution in [2.45, 2.75) is 17.1 Å². The molecule has 2 unspecified atom stereocenters. The molecule has 0 saturated carbocycles. The first kappa shape index (κ1) is 12.4. The number of carbonyl (C=O) groups is 1. The molecule has 0 bridgehead atoms. The highest BCUT2D eigenvalue weighted by atomic mass is 79.9. The Labute approximate surface area is 99.4 Å². The van der Waals surface area contributed by atoms with E-state index in [1.807, 2.05) is 0 Å². The van der Waals surface area contributed by atoms with Gasteiger partial charge < -0.3 is 4.74 Å². The molecule has 0 aliphatic heterocycles. The third-order valence-corrected chi connectivity index (χ3v) is 4.00. The summed E-state index contributed by atoms with van der Waals surface area (Å²) in [6.45, 7) is 1.59. The SMILES string of the molecule is COC(=O)C(C)S(=O)c1ccc(Br)cc1. The fraction of sp³-hybridized carbons (Fsp3) is 0.300. The molecule has 0 heterocycles. The van der Waals surface area contributed by atoms with Crippen LogP contribution in [0.25, 0.3) is 0 Å². The van der Waals surface area contributed by atoms with Gasteiger partial charge in [0.25, 0.3) is 0 Å². The molecule has 0 aliphatic carbocycles. The minimum absolute atomic E-state index is 0.462. The van der Waals surface area contributed by atoms with Gasteiger partial charge in [-0.3, -0.25) is 9.00 Å². The molecule has 1 aromatic carbocycles. The van der Waals surface area contributed by atoms with Crippen LogP contribution in [-0.4, -0.2) is 22.5 Å². The van der Waals surface area contributed by atoms with Gasteiger partial charge >= 0.3 is 5.97 Å². The minimum Gasteiger partial charge on any atom is -0.468 e. The van der Waals surface area contributed by atoms with Crippen molar-refractivity contribution in [2.75, 3.05) is 7.11 Å². The van der Waals surface area contributed by atoms with Gasteiger partial charge in [0.2, 0.25) is 0 Å². The number of methoxy groups -OCH3 is 1. The summed E-state index contributed by atoms with van der Waals surface area (Å²) in [6, 6.07) is 7.02. The predicted molar refractivity (Wildman–Crippen MR) is 62.0 cm³/mol. The average Bonchev–Trinajstić information content (AvgIpc) is 2.27. The molecule has 1 rings (SSSR count). The fourth-order valence-electron chi connectivity index (χ4n) is 1.03. The monoisotopic (exact) mass is 290 g/mol. The van der Waals surface area contributed by atoms with Gasteiger partial charge in [-0.05, 0) is 31.2 Å². The van der Waals surface area contributed by atoms with Crippen LogP contribution in [0.4, 0.5) is 0 Å². The first-order chi connectivity index (χ1) is 7.06. The summed E-state index contributed by atoms with van der Waals surface area (Å²) >= 11 is 3.28. The summed E-state index contributed by atoms with van der Waals surface area (Å²) in [7, 11) is -0.0725. The number of esters is 1. The maximum absolute atomic E-state index is 11.9. The number of ether oxygens (including phenoxy) is 1. The number of halogens is 1. The van der Waals surface area contributed by atoms with E-state index in [0.717, 1.165) is 4.47 Å². The number of carbonyl (C=O) groups excluding carboxylic acids is 1. The Bertz CT molecular complexity index is 375. The maximum atomic E-state index is 11.9. The Morgan fingerprint density at radius 2 is 1.93 bits per heavy atom. The largest absolute Gasteiger partial charge is 0.468 e. The number of rotatable bonds is 3. The molecule has 0 amide bonds. The van der Waals surface area contributed by atoms with Crippen molar-refractivity contribution in [2.24, 2.45) is 0 Å². The average molecular weight is 291 g/mol. The maximum Gasteiger partial charge on any atom is 0.321 e. The van der Waals surface area contributed by atoms with Crippen molar-refractivity contribution in [3.63, 3.8) is 0 Å². The van der Waals surface area contributed by atoms with Crippen molar-refractivity contribution < 1.29 is 13.7 Å². The Kier molecular flexibility index (Phi) is 4.47. The second-order valence-electron chi connectivity index (χ2n) is 2.92. The van der Waals surface area contributed by atoms with Crippen molar-refractivity contribution in [3.8, 4) is 0 Å². The molecule has 0 radical (unpaired) electrons. The van der Waals surface area contributed by atoms with E-state index in [1.165, 1.54) is 7.11 Å². The lowest BCUT2D eigenvalue weighted by atomic mass is 10.4. The van der Waals surface area contributed by atoms with Gasteiger partial charge in [-0.25, -0.2) is 0 Å². The molecule has 2 atom stereocenters. The van der Waals surface area contributed by atoms with E-state index in [1.54, 1.807) is 31.2 Å². The highest BCUT2D eigenvalue weighted by molar-refractivity contribution is 9.10. The van der Waals surface area contributed by atoms with Gasteiger partial charge in [0.15, 0.2) is 0 Å². The Hall–Kier alpha value is -0.680. The van der Waals surface area contributed by atoms with Crippen LogP contribution >= 0.6 is 15.9 Å². The third kappa shape index (κ3) is 3.14. The van der Waals surface area contributed by atoms with Gasteiger partial charge in [0, 0.05) is 9.37 Å². The molecular formula is C10H11BrO3S. The van der Waals surface area contributed by atoms with Gasteiger partial charge in [-0.2, -0.15) is 0 Å². The van der Waals surface area contributed by atoms with E-state index in [9.17, 15) is 9.00 Å². The highest BCUT2D eigenvalue weighted by Gasteiger charge is 2.21. The van der Waals surface area contributed by atoms with Gasteiger partial charge in [-0.15, -0.1) is 0 Å².